The Morgan fingerprint density at radius 2 is 2.12 bits per heavy atom. The summed E-state index contributed by atoms with van der Waals surface area (Å²) in [4.78, 5) is 11.5. The molecule has 92 valence electrons. The fourth-order valence-corrected chi connectivity index (χ4v) is 2.90. The number of hydrogen-bond donors (Lipinski definition) is 2. The summed E-state index contributed by atoms with van der Waals surface area (Å²) in [6.07, 6.45) is 7.52. The summed E-state index contributed by atoms with van der Waals surface area (Å²) in [5, 5.41) is 3.40. The molecule has 2 aliphatic carbocycles. The van der Waals surface area contributed by atoms with Crippen LogP contribution in [0.25, 0.3) is 0 Å². The number of carbonyl (C=O) groups excluding carboxylic acids is 1. The van der Waals surface area contributed by atoms with Crippen LogP contribution in [0.3, 0.4) is 0 Å². The number of primary amides is 1. The lowest BCUT2D eigenvalue weighted by Gasteiger charge is -2.32. The van der Waals surface area contributed by atoms with E-state index in [-0.39, 0.29) is 11.9 Å². The van der Waals surface area contributed by atoms with Crippen molar-refractivity contribution in [3.63, 3.8) is 0 Å². The lowest BCUT2D eigenvalue weighted by atomic mass is 9.78. The van der Waals surface area contributed by atoms with Gasteiger partial charge in [-0.1, -0.05) is 19.8 Å². The van der Waals surface area contributed by atoms with Gasteiger partial charge in [0, 0.05) is 0 Å². The average molecular weight is 224 g/mol. The molecular weight excluding hydrogens is 200 g/mol. The van der Waals surface area contributed by atoms with Crippen molar-refractivity contribution in [3.8, 4) is 0 Å². The van der Waals surface area contributed by atoms with Crippen molar-refractivity contribution >= 4 is 5.91 Å². The average Bonchev–Trinajstić information content (AvgIpc) is 3.01. The molecule has 3 N–H and O–H groups in total. The third-order valence-corrected chi connectivity index (χ3v) is 4.08. The maximum absolute atomic E-state index is 11.5. The van der Waals surface area contributed by atoms with Crippen LogP contribution in [0.5, 0.6) is 0 Å². The highest BCUT2D eigenvalue weighted by Gasteiger charge is 2.31. The minimum Gasteiger partial charge on any atom is -0.368 e. The van der Waals surface area contributed by atoms with Crippen LogP contribution < -0.4 is 11.1 Å². The zero-order valence-corrected chi connectivity index (χ0v) is 10.2. The van der Waals surface area contributed by atoms with Crippen molar-refractivity contribution in [3.05, 3.63) is 0 Å². The Balaban J connectivity index is 1.86. The molecule has 0 heterocycles. The Kier molecular flexibility index (Phi) is 3.85. The Bertz CT molecular complexity index is 250. The van der Waals surface area contributed by atoms with E-state index < -0.39 is 0 Å². The second-order valence-electron chi connectivity index (χ2n) is 5.76. The van der Waals surface area contributed by atoms with Gasteiger partial charge < -0.3 is 11.1 Å². The number of carbonyl (C=O) groups is 1. The molecule has 16 heavy (non-hydrogen) atoms. The zero-order chi connectivity index (χ0) is 11.5. The van der Waals surface area contributed by atoms with Gasteiger partial charge in [0.1, 0.15) is 0 Å². The third kappa shape index (κ3) is 3.21. The van der Waals surface area contributed by atoms with E-state index in [2.05, 4.69) is 12.2 Å². The molecule has 0 saturated heterocycles. The summed E-state index contributed by atoms with van der Waals surface area (Å²) in [5.41, 5.74) is 5.52. The Labute approximate surface area is 98.2 Å². The van der Waals surface area contributed by atoms with Crippen molar-refractivity contribution in [2.75, 3.05) is 6.54 Å². The Morgan fingerprint density at radius 1 is 1.38 bits per heavy atom. The van der Waals surface area contributed by atoms with Crippen LogP contribution in [-0.4, -0.2) is 18.5 Å². The molecule has 0 aromatic rings. The van der Waals surface area contributed by atoms with E-state index in [1.807, 2.05) is 0 Å². The molecule has 1 amide bonds. The first-order valence-corrected chi connectivity index (χ1v) is 6.69. The van der Waals surface area contributed by atoms with E-state index in [9.17, 15) is 4.79 Å². The minimum absolute atomic E-state index is 0.0802. The molecule has 0 aromatic carbocycles. The minimum atomic E-state index is -0.153. The molecule has 3 nitrogen and oxygen atoms in total. The zero-order valence-electron chi connectivity index (χ0n) is 10.2. The largest absolute Gasteiger partial charge is 0.368 e. The first-order valence-electron chi connectivity index (χ1n) is 6.69. The maximum Gasteiger partial charge on any atom is 0.234 e. The second-order valence-corrected chi connectivity index (χ2v) is 5.76. The molecule has 3 atom stereocenters. The Hall–Kier alpha value is -0.570. The summed E-state index contributed by atoms with van der Waals surface area (Å²) in [5.74, 6) is 1.88. The molecule has 0 bridgehead atoms. The molecular formula is C13H24N2O. The highest BCUT2D eigenvalue weighted by Crippen LogP contribution is 2.32. The van der Waals surface area contributed by atoms with Crippen molar-refractivity contribution in [1.29, 1.82) is 0 Å². The molecule has 2 fully saturated rings. The normalized spacial score (nSPS) is 32.3. The van der Waals surface area contributed by atoms with Gasteiger partial charge in [0.2, 0.25) is 5.91 Å². The fraction of sp³-hybridized carbons (Fsp3) is 0.923. The van der Waals surface area contributed by atoms with Crippen LogP contribution in [-0.2, 0) is 4.79 Å². The number of hydrogen-bond acceptors (Lipinski definition) is 2. The summed E-state index contributed by atoms with van der Waals surface area (Å²) < 4.78 is 0. The quantitative estimate of drug-likeness (QED) is 0.746. The molecule has 0 spiro atoms. The molecule has 0 radical (unpaired) electrons. The summed E-state index contributed by atoms with van der Waals surface area (Å²) in [7, 11) is 0. The van der Waals surface area contributed by atoms with Crippen LogP contribution in [0.4, 0.5) is 0 Å². The third-order valence-electron chi connectivity index (χ3n) is 4.08. The van der Waals surface area contributed by atoms with Gasteiger partial charge in [0.15, 0.2) is 0 Å². The van der Waals surface area contributed by atoms with Crippen LogP contribution in [0.2, 0.25) is 0 Å². The van der Waals surface area contributed by atoms with Crippen molar-refractivity contribution in [2.24, 2.45) is 23.5 Å². The predicted molar refractivity (Wildman–Crippen MR) is 64.8 cm³/mol. The van der Waals surface area contributed by atoms with E-state index in [1.54, 1.807) is 0 Å². The van der Waals surface area contributed by atoms with Gasteiger partial charge >= 0.3 is 0 Å². The molecule has 2 saturated carbocycles. The highest BCUT2D eigenvalue weighted by atomic mass is 16.1. The van der Waals surface area contributed by atoms with Crippen molar-refractivity contribution < 1.29 is 4.79 Å². The summed E-state index contributed by atoms with van der Waals surface area (Å²) in [6, 6.07) is -0.0802. The van der Waals surface area contributed by atoms with Crippen molar-refractivity contribution in [2.45, 2.75) is 51.5 Å². The van der Waals surface area contributed by atoms with Gasteiger partial charge in [0.05, 0.1) is 6.04 Å². The van der Waals surface area contributed by atoms with E-state index in [4.69, 9.17) is 5.73 Å². The van der Waals surface area contributed by atoms with Gasteiger partial charge in [-0.15, -0.1) is 0 Å². The van der Waals surface area contributed by atoms with Gasteiger partial charge in [-0.05, 0) is 50.0 Å². The number of nitrogens with one attached hydrogen (secondary N) is 1. The highest BCUT2D eigenvalue weighted by molar-refractivity contribution is 5.80. The van der Waals surface area contributed by atoms with E-state index >= 15 is 0 Å². The van der Waals surface area contributed by atoms with Gasteiger partial charge in [-0.3, -0.25) is 4.79 Å². The van der Waals surface area contributed by atoms with Crippen LogP contribution in [0.15, 0.2) is 0 Å². The standard InChI is InChI=1S/C13H24N2O/c1-9-3-2-4-11(7-9)12(13(14)16)15-8-10-5-6-10/h9-12,15H,2-8H2,1H3,(H2,14,16). The SMILES string of the molecule is CC1CCCC(C(NCC2CC2)C(N)=O)C1. The fourth-order valence-electron chi connectivity index (χ4n) is 2.90. The molecule has 3 unspecified atom stereocenters. The van der Waals surface area contributed by atoms with E-state index in [1.165, 1.54) is 25.7 Å². The number of rotatable bonds is 5. The van der Waals surface area contributed by atoms with E-state index in [0.29, 0.717) is 5.92 Å². The number of amides is 1. The van der Waals surface area contributed by atoms with Crippen LogP contribution in [0.1, 0.15) is 45.4 Å². The Morgan fingerprint density at radius 3 is 2.69 bits per heavy atom. The van der Waals surface area contributed by atoms with Gasteiger partial charge in [-0.2, -0.15) is 0 Å². The molecule has 3 heteroatoms. The van der Waals surface area contributed by atoms with Crippen molar-refractivity contribution in [1.82, 2.24) is 5.32 Å². The summed E-state index contributed by atoms with van der Waals surface area (Å²) >= 11 is 0. The lowest BCUT2D eigenvalue weighted by molar-refractivity contribution is -0.121. The van der Waals surface area contributed by atoms with Crippen LogP contribution in [0, 0.1) is 17.8 Å². The first-order chi connectivity index (χ1) is 7.66. The maximum atomic E-state index is 11.5. The lowest BCUT2D eigenvalue weighted by Crippen LogP contribution is -2.48. The monoisotopic (exact) mass is 224 g/mol. The molecule has 2 rings (SSSR count). The molecule has 0 aromatic heterocycles. The van der Waals surface area contributed by atoms with Crippen LogP contribution >= 0.6 is 0 Å². The predicted octanol–water partition coefficient (Wildman–Crippen LogP) is 1.67. The smallest absolute Gasteiger partial charge is 0.234 e. The molecule has 0 aliphatic heterocycles. The summed E-state index contributed by atoms with van der Waals surface area (Å²) in [6.45, 7) is 3.27. The molecule has 2 aliphatic rings. The topological polar surface area (TPSA) is 55.1 Å². The first kappa shape index (κ1) is 11.9. The second kappa shape index (κ2) is 5.17. The van der Waals surface area contributed by atoms with Gasteiger partial charge in [-0.25, -0.2) is 0 Å². The van der Waals surface area contributed by atoms with E-state index in [0.717, 1.165) is 31.2 Å². The van der Waals surface area contributed by atoms with Gasteiger partial charge in [0.25, 0.3) is 0 Å². The number of nitrogens with two attached hydrogens (primary N) is 1.